The molecule has 2 aromatic heterocycles. The summed E-state index contributed by atoms with van der Waals surface area (Å²) in [6, 6.07) is 10.0. The number of aromatic nitrogens is 2. The van der Waals surface area contributed by atoms with Crippen molar-refractivity contribution in [1.29, 1.82) is 0 Å². The van der Waals surface area contributed by atoms with Crippen molar-refractivity contribution in [3.05, 3.63) is 63.5 Å². The van der Waals surface area contributed by atoms with E-state index in [2.05, 4.69) is 69.2 Å². The molecule has 148 valence electrons. The van der Waals surface area contributed by atoms with E-state index in [9.17, 15) is 9.59 Å². The number of amides is 1. The lowest BCUT2D eigenvalue weighted by atomic mass is 9.85. The van der Waals surface area contributed by atoms with E-state index in [4.69, 9.17) is 0 Å². The number of carbonyl (C=O) groups excluding carboxylic acids is 1. The molecule has 0 spiro atoms. The third kappa shape index (κ3) is 4.33. The van der Waals surface area contributed by atoms with Gasteiger partial charge >= 0.3 is 0 Å². The number of carbonyl (C=O) groups is 1. The number of hydrogen-bond donors (Lipinski definition) is 1. The first-order chi connectivity index (χ1) is 13.2. The van der Waals surface area contributed by atoms with E-state index in [1.54, 1.807) is 6.07 Å². The maximum Gasteiger partial charge on any atom is 0.262 e. The summed E-state index contributed by atoms with van der Waals surface area (Å²) >= 11 is 1.42. The van der Waals surface area contributed by atoms with Crippen molar-refractivity contribution < 1.29 is 4.79 Å². The summed E-state index contributed by atoms with van der Waals surface area (Å²) in [5.41, 5.74) is 2.22. The minimum absolute atomic E-state index is 0.0408. The zero-order valence-electron chi connectivity index (χ0n) is 17.0. The fourth-order valence-corrected chi connectivity index (χ4v) is 3.93. The van der Waals surface area contributed by atoms with Crippen molar-refractivity contribution in [2.75, 3.05) is 0 Å². The van der Waals surface area contributed by atoms with E-state index in [-0.39, 0.29) is 35.4 Å². The zero-order valence-corrected chi connectivity index (χ0v) is 17.8. The van der Waals surface area contributed by atoms with Gasteiger partial charge in [0.2, 0.25) is 5.91 Å². The van der Waals surface area contributed by atoms with Gasteiger partial charge in [-0.05, 0) is 33.9 Å². The fourth-order valence-electron chi connectivity index (χ4n) is 3.21. The lowest BCUT2D eigenvalue weighted by Gasteiger charge is -2.25. The molecule has 3 rings (SSSR count). The van der Waals surface area contributed by atoms with Crippen LogP contribution in [-0.2, 0) is 16.8 Å². The second-order valence-electron chi connectivity index (χ2n) is 8.48. The normalized spacial score (nSPS) is 13.1. The van der Waals surface area contributed by atoms with E-state index in [0.29, 0.717) is 10.2 Å². The Morgan fingerprint density at radius 2 is 1.86 bits per heavy atom. The molecule has 1 N–H and O–H groups in total. The van der Waals surface area contributed by atoms with Gasteiger partial charge in [0, 0.05) is 0 Å². The standard InChI is InChI=1S/C22H27N3O2S/c1-14(2)19(15-6-8-16(9-7-15)22(3,4)5)24-18(26)12-25-13-23-20-17(21(25)27)10-11-28-20/h6-11,13-14,19H,12H2,1-5H3,(H,24,26). The van der Waals surface area contributed by atoms with Gasteiger partial charge < -0.3 is 5.32 Å². The van der Waals surface area contributed by atoms with Crippen LogP contribution in [0.2, 0.25) is 0 Å². The Bertz CT molecular complexity index is 1030. The van der Waals surface area contributed by atoms with Crippen LogP contribution < -0.4 is 10.9 Å². The lowest BCUT2D eigenvalue weighted by Crippen LogP contribution is -2.36. The molecule has 0 aliphatic carbocycles. The van der Waals surface area contributed by atoms with E-state index in [1.807, 2.05) is 5.38 Å². The molecule has 0 radical (unpaired) electrons. The maximum absolute atomic E-state index is 12.7. The van der Waals surface area contributed by atoms with Gasteiger partial charge in [-0.25, -0.2) is 4.98 Å². The number of thiophene rings is 1. The number of nitrogens with one attached hydrogen (secondary N) is 1. The topological polar surface area (TPSA) is 64.0 Å². The molecule has 0 saturated heterocycles. The molecule has 1 aromatic carbocycles. The Balaban J connectivity index is 1.77. The number of rotatable bonds is 5. The van der Waals surface area contributed by atoms with Gasteiger partial charge in [-0.3, -0.25) is 14.2 Å². The van der Waals surface area contributed by atoms with Gasteiger partial charge in [0.25, 0.3) is 5.56 Å². The summed E-state index contributed by atoms with van der Waals surface area (Å²) < 4.78 is 1.37. The smallest absolute Gasteiger partial charge is 0.262 e. The number of fused-ring (bicyclic) bond motifs is 1. The molecule has 0 aliphatic rings. The van der Waals surface area contributed by atoms with Crippen molar-refractivity contribution in [3.63, 3.8) is 0 Å². The summed E-state index contributed by atoms with van der Waals surface area (Å²) in [4.78, 5) is 30.1. The van der Waals surface area contributed by atoms with Crippen LogP contribution in [0.4, 0.5) is 0 Å². The molecular formula is C22H27N3O2S. The first kappa shape index (κ1) is 20.3. The molecule has 0 saturated carbocycles. The molecular weight excluding hydrogens is 370 g/mol. The summed E-state index contributed by atoms with van der Waals surface area (Å²) in [5, 5.41) is 5.47. The van der Waals surface area contributed by atoms with Crippen LogP contribution in [0, 0.1) is 5.92 Å². The molecule has 3 aromatic rings. The molecule has 1 unspecified atom stereocenters. The van der Waals surface area contributed by atoms with E-state index in [1.165, 1.54) is 27.8 Å². The Hall–Kier alpha value is -2.47. The molecule has 2 heterocycles. The van der Waals surface area contributed by atoms with Gasteiger partial charge in [0.1, 0.15) is 11.4 Å². The first-order valence-electron chi connectivity index (χ1n) is 9.49. The Kier molecular flexibility index (Phi) is 5.70. The van der Waals surface area contributed by atoms with Gasteiger partial charge in [-0.2, -0.15) is 0 Å². The molecule has 0 aliphatic heterocycles. The predicted octanol–water partition coefficient (Wildman–Crippen LogP) is 4.27. The van der Waals surface area contributed by atoms with Crippen LogP contribution in [0.1, 0.15) is 51.8 Å². The Morgan fingerprint density at radius 1 is 1.18 bits per heavy atom. The second-order valence-corrected chi connectivity index (χ2v) is 9.37. The molecule has 5 nitrogen and oxygen atoms in total. The van der Waals surface area contributed by atoms with Crippen molar-refractivity contribution in [1.82, 2.24) is 14.9 Å². The largest absolute Gasteiger partial charge is 0.347 e. The van der Waals surface area contributed by atoms with Crippen molar-refractivity contribution >= 4 is 27.5 Å². The summed E-state index contributed by atoms with van der Waals surface area (Å²) in [5.74, 6) is 0.0238. The van der Waals surface area contributed by atoms with Crippen LogP contribution in [0.15, 0.2) is 46.8 Å². The highest BCUT2D eigenvalue weighted by molar-refractivity contribution is 7.16. The maximum atomic E-state index is 12.7. The van der Waals surface area contributed by atoms with Gasteiger partial charge in [-0.1, -0.05) is 58.9 Å². The fraction of sp³-hybridized carbons (Fsp3) is 0.409. The van der Waals surface area contributed by atoms with Crippen molar-refractivity contribution in [2.24, 2.45) is 5.92 Å². The highest BCUT2D eigenvalue weighted by atomic mass is 32.1. The predicted molar refractivity (Wildman–Crippen MR) is 115 cm³/mol. The monoisotopic (exact) mass is 397 g/mol. The van der Waals surface area contributed by atoms with E-state index in [0.717, 1.165) is 5.56 Å². The van der Waals surface area contributed by atoms with Gasteiger partial charge in [-0.15, -0.1) is 11.3 Å². The molecule has 1 atom stereocenters. The SMILES string of the molecule is CC(C)C(NC(=O)Cn1cnc2sccc2c1=O)c1ccc(C(C)(C)C)cc1. The lowest BCUT2D eigenvalue weighted by molar-refractivity contribution is -0.122. The van der Waals surface area contributed by atoms with Crippen LogP contribution >= 0.6 is 11.3 Å². The molecule has 0 bridgehead atoms. The third-order valence-corrected chi connectivity index (χ3v) is 5.70. The van der Waals surface area contributed by atoms with Gasteiger partial charge in [0.05, 0.1) is 17.8 Å². The van der Waals surface area contributed by atoms with Crippen LogP contribution in [0.5, 0.6) is 0 Å². The number of benzene rings is 1. The average molecular weight is 398 g/mol. The highest BCUT2D eigenvalue weighted by Gasteiger charge is 2.20. The average Bonchev–Trinajstić information content (AvgIpc) is 3.11. The van der Waals surface area contributed by atoms with Gasteiger partial charge in [0.15, 0.2) is 0 Å². The summed E-state index contributed by atoms with van der Waals surface area (Å²) in [7, 11) is 0. The molecule has 6 heteroatoms. The highest BCUT2D eigenvalue weighted by Crippen LogP contribution is 2.26. The van der Waals surface area contributed by atoms with Crippen molar-refractivity contribution in [3.8, 4) is 0 Å². The van der Waals surface area contributed by atoms with Crippen molar-refractivity contribution in [2.45, 2.75) is 52.6 Å². The van der Waals surface area contributed by atoms with Crippen LogP contribution in [-0.4, -0.2) is 15.5 Å². The van der Waals surface area contributed by atoms with Crippen LogP contribution in [0.25, 0.3) is 10.2 Å². The minimum atomic E-state index is -0.197. The minimum Gasteiger partial charge on any atom is -0.347 e. The zero-order chi connectivity index (χ0) is 20.5. The van der Waals surface area contributed by atoms with Crippen LogP contribution in [0.3, 0.4) is 0 Å². The third-order valence-electron chi connectivity index (χ3n) is 4.88. The quantitative estimate of drug-likeness (QED) is 0.699. The molecule has 0 fully saturated rings. The van der Waals surface area contributed by atoms with E-state index < -0.39 is 0 Å². The number of nitrogens with zero attached hydrogens (tertiary/aromatic N) is 2. The number of hydrogen-bond acceptors (Lipinski definition) is 4. The Morgan fingerprint density at radius 3 is 2.46 bits per heavy atom. The first-order valence-corrected chi connectivity index (χ1v) is 10.4. The second kappa shape index (κ2) is 7.87. The Labute approximate surface area is 169 Å². The summed E-state index contributed by atoms with van der Waals surface area (Å²) in [6.45, 7) is 10.7. The summed E-state index contributed by atoms with van der Waals surface area (Å²) in [6.07, 6.45) is 1.45. The molecule has 28 heavy (non-hydrogen) atoms. The van der Waals surface area contributed by atoms with E-state index >= 15 is 0 Å². The molecule has 1 amide bonds.